The second kappa shape index (κ2) is 10.2. The maximum atomic E-state index is 12.0. The molecular formula is C19H36N6O2. The van der Waals surface area contributed by atoms with Crippen LogP contribution in [0.5, 0.6) is 0 Å². The summed E-state index contributed by atoms with van der Waals surface area (Å²) >= 11 is 0. The summed E-state index contributed by atoms with van der Waals surface area (Å²) in [5.74, 6) is 0.739. The zero-order chi connectivity index (χ0) is 20.5. The van der Waals surface area contributed by atoms with Crippen LogP contribution in [0.3, 0.4) is 0 Å². The molecule has 1 aromatic heterocycles. The number of alkyl carbamates (subject to hydrolysis) is 1. The second-order valence-electron chi connectivity index (χ2n) is 8.26. The van der Waals surface area contributed by atoms with Crippen molar-refractivity contribution in [1.82, 2.24) is 25.7 Å². The lowest BCUT2D eigenvalue weighted by molar-refractivity contribution is 0.0476. The van der Waals surface area contributed by atoms with Gasteiger partial charge in [-0.3, -0.25) is 9.67 Å². The van der Waals surface area contributed by atoms with E-state index in [2.05, 4.69) is 26.0 Å². The van der Waals surface area contributed by atoms with Gasteiger partial charge in [-0.25, -0.2) is 4.79 Å². The van der Waals surface area contributed by atoms with Crippen LogP contribution < -0.4 is 16.0 Å². The lowest BCUT2D eigenvalue weighted by atomic mass is 10.1. The molecule has 0 bridgehead atoms. The van der Waals surface area contributed by atoms with Crippen LogP contribution in [-0.2, 0) is 18.2 Å². The number of hydrogen-bond donors (Lipinski definition) is 3. The van der Waals surface area contributed by atoms with Crippen molar-refractivity contribution in [3.63, 3.8) is 0 Å². The van der Waals surface area contributed by atoms with Gasteiger partial charge < -0.3 is 20.7 Å². The van der Waals surface area contributed by atoms with E-state index < -0.39 is 17.2 Å². The average molecular weight is 381 g/mol. The summed E-state index contributed by atoms with van der Waals surface area (Å²) in [4.78, 5) is 16.6. The van der Waals surface area contributed by atoms with E-state index in [4.69, 9.17) is 4.74 Å². The number of nitrogens with one attached hydrogen (secondary N) is 3. The number of guanidine groups is 1. The van der Waals surface area contributed by atoms with E-state index >= 15 is 0 Å². The molecule has 8 heteroatoms. The fourth-order valence-electron chi connectivity index (χ4n) is 2.34. The summed E-state index contributed by atoms with van der Waals surface area (Å²) in [6.07, 6.45) is 5.44. The van der Waals surface area contributed by atoms with E-state index in [1.807, 2.05) is 65.7 Å². The molecule has 1 rings (SSSR count). The van der Waals surface area contributed by atoms with Crippen LogP contribution in [0.1, 0.15) is 53.5 Å². The molecule has 0 spiro atoms. The number of amides is 1. The van der Waals surface area contributed by atoms with E-state index in [-0.39, 0.29) is 0 Å². The molecule has 0 saturated heterocycles. The Morgan fingerprint density at radius 3 is 2.52 bits per heavy atom. The highest BCUT2D eigenvalue weighted by atomic mass is 16.6. The zero-order valence-corrected chi connectivity index (χ0v) is 17.8. The summed E-state index contributed by atoms with van der Waals surface area (Å²) in [5, 5.41) is 13.6. The van der Waals surface area contributed by atoms with Gasteiger partial charge in [-0.05, 0) is 59.9 Å². The maximum Gasteiger partial charge on any atom is 0.408 e. The minimum atomic E-state index is -0.520. The van der Waals surface area contributed by atoms with Gasteiger partial charge >= 0.3 is 6.09 Å². The Labute approximate surface area is 163 Å². The number of aromatic nitrogens is 2. The molecule has 8 nitrogen and oxygen atoms in total. The van der Waals surface area contributed by atoms with Crippen molar-refractivity contribution < 1.29 is 9.53 Å². The largest absolute Gasteiger partial charge is 0.444 e. The molecule has 1 amide bonds. The lowest BCUT2D eigenvalue weighted by Gasteiger charge is -2.27. The SMILES string of the molecule is CCNC(=NCC(C)(C)NC(=O)OC(C)(C)C)NCCCc1cnn(C)c1. The van der Waals surface area contributed by atoms with Crippen LogP contribution in [0.2, 0.25) is 0 Å². The van der Waals surface area contributed by atoms with Crippen LogP contribution in [0, 0.1) is 0 Å². The third kappa shape index (κ3) is 10.5. The van der Waals surface area contributed by atoms with Crippen LogP contribution in [0.15, 0.2) is 17.4 Å². The zero-order valence-electron chi connectivity index (χ0n) is 17.8. The minimum Gasteiger partial charge on any atom is -0.444 e. The van der Waals surface area contributed by atoms with Crippen molar-refractivity contribution >= 4 is 12.1 Å². The van der Waals surface area contributed by atoms with Gasteiger partial charge in [-0.1, -0.05) is 0 Å². The van der Waals surface area contributed by atoms with Crippen LogP contribution in [0.25, 0.3) is 0 Å². The standard InChI is InChI=1S/C19H36N6O2/c1-8-20-16(21-11-9-10-15-12-23-25(7)13-15)22-14-19(5,6)24-17(26)27-18(2,3)4/h12-13H,8-11,14H2,1-7H3,(H,24,26)(H2,20,21,22). The number of hydrogen-bond acceptors (Lipinski definition) is 4. The van der Waals surface area contributed by atoms with Gasteiger partial charge in [0, 0.05) is 26.3 Å². The van der Waals surface area contributed by atoms with Crippen molar-refractivity contribution in [2.45, 2.75) is 65.5 Å². The normalized spacial score (nSPS) is 12.6. The highest BCUT2D eigenvalue weighted by Crippen LogP contribution is 2.09. The summed E-state index contributed by atoms with van der Waals surface area (Å²) in [6, 6.07) is 0. The molecule has 27 heavy (non-hydrogen) atoms. The molecule has 0 radical (unpaired) electrons. The molecule has 1 aromatic rings. The van der Waals surface area contributed by atoms with Crippen molar-refractivity contribution in [2.24, 2.45) is 12.0 Å². The first-order valence-corrected chi connectivity index (χ1v) is 9.51. The smallest absolute Gasteiger partial charge is 0.408 e. The summed E-state index contributed by atoms with van der Waals surface area (Å²) < 4.78 is 7.13. The molecule has 0 aliphatic rings. The second-order valence-corrected chi connectivity index (χ2v) is 8.26. The van der Waals surface area contributed by atoms with Gasteiger partial charge in [0.1, 0.15) is 5.60 Å². The first-order valence-electron chi connectivity index (χ1n) is 9.51. The van der Waals surface area contributed by atoms with E-state index in [1.165, 1.54) is 5.56 Å². The Bertz CT molecular complexity index is 616. The molecule has 0 unspecified atom stereocenters. The first kappa shape index (κ1) is 22.8. The van der Waals surface area contributed by atoms with Gasteiger partial charge in [0.2, 0.25) is 0 Å². The van der Waals surface area contributed by atoms with Crippen molar-refractivity contribution in [1.29, 1.82) is 0 Å². The molecule has 154 valence electrons. The number of rotatable bonds is 8. The molecule has 0 aromatic carbocycles. The van der Waals surface area contributed by atoms with Crippen LogP contribution in [0.4, 0.5) is 4.79 Å². The van der Waals surface area contributed by atoms with Crippen LogP contribution >= 0.6 is 0 Å². The van der Waals surface area contributed by atoms with Gasteiger partial charge in [-0.15, -0.1) is 0 Å². The Morgan fingerprint density at radius 2 is 1.96 bits per heavy atom. The van der Waals surface area contributed by atoms with E-state index in [1.54, 1.807) is 0 Å². The number of aliphatic imine (C=N–C) groups is 1. The monoisotopic (exact) mass is 380 g/mol. The topological polar surface area (TPSA) is 92.6 Å². The maximum absolute atomic E-state index is 12.0. The Morgan fingerprint density at radius 1 is 1.26 bits per heavy atom. The Balaban J connectivity index is 2.47. The molecule has 0 aliphatic carbocycles. The lowest BCUT2D eigenvalue weighted by Crippen LogP contribution is -2.49. The number of ether oxygens (including phenoxy) is 1. The summed E-state index contributed by atoms with van der Waals surface area (Å²) in [7, 11) is 1.92. The van der Waals surface area contributed by atoms with Gasteiger partial charge in [0.15, 0.2) is 5.96 Å². The highest BCUT2D eigenvalue weighted by Gasteiger charge is 2.24. The predicted octanol–water partition coefficient (Wildman–Crippen LogP) is 2.21. The fourth-order valence-corrected chi connectivity index (χ4v) is 2.34. The van der Waals surface area contributed by atoms with E-state index in [0.29, 0.717) is 6.54 Å². The molecule has 0 aliphatic heterocycles. The van der Waals surface area contributed by atoms with Gasteiger partial charge in [-0.2, -0.15) is 5.10 Å². The molecule has 0 atom stereocenters. The van der Waals surface area contributed by atoms with Gasteiger partial charge in [0.05, 0.1) is 18.3 Å². The third-order valence-corrected chi connectivity index (χ3v) is 3.51. The number of carbonyl (C=O) groups excluding carboxylic acids is 1. The summed E-state index contributed by atoms with van der Waals surface area (Å²) in [6.45, 7) is 13.4. The molecule has 1 heterocycles. The number of carbonyl (C=O) groups is 1. The van der Waals surface area contributed by atoms with E-state index in [0.717, 1.165) is 31.9 Å². The Hall–Kier alpha value is -2.25. The van der Waals surface area contributed by atoms with Crippen molar-refractivity contribution in [2.75, 3.05) is 19.6 Å². The molecule has 0 fully saturated rings. The summed E-state index contributed by atoms with van der Waals surface area (Å²) in [5.41, 5.74) is 0.193. The minimum absolute atomic E-state index is 0.433. The molecule has 0 saturated carbocycles. The highest BCUT2D eigenvalue weighted by molar-refractivity contribution is 5.79. The Kier molecular flexibility index (Phi) is 8.59. The first-order chi connectivity index (χ1) is 12.5. The van der Waals surface area contributed by atoms with E-state index in [9.17, 15) is 4.79 Å². The van der Waals surface area contributed by atoms with Gasteiger partial charge in [0.25, 0.3) is 0 Å². The molecule has 3 N–H and O–H groups in total. The number of aryl methyl sites for hydroxylation is 2. The van der Waals surface area contributed by atoms with Crippen molar-refractivity contribution in [3.05, 3.63) is 18.0 Å². The van der Waals surface area contributed by atoms with Crippen LogP contribution in [-0.4, -0.2) is 52.6 Å². The third-order valence-electron chi connectivity index (χ3n) is 3.51. The average Bonchev–Trinajstić information content (AvgIpc) is 2.92. The quantitative estimate of drug-likeness (QED) is 0.365. The molecular weight excluding hydrogens is 344 g/mol. The number of nitrogens with zero attached hydrogens (tertiary/aromatic N) is 3. The predicted molar refractivity (Wildman–Crippen MR) is 109 cm³/mol. The fraction of sp³-hybridized carbons (Fsp3) is 0.737. The van der Waals surface area contributed by atoms with Crippen molar-refractivity contribution in [3.8, 4) is 0 Å².